The molecule has 3 nitrogen and oxygen atoms in total. The summed E-state index contributed by atoms with van der Waals surface area (Å²) in [5.74, 6) is 0.724. The Bertz CT molecular complexity index is 455. The third-order valence-electron chi connectivity index (χ3n) is 3.79. The lowest BCUT2D eigenvalue weighted by molar-refractivity contribution is 0.425. The molecule has 1 N–H and O–H groups in total. The molecule has 2 rings (SSSR count). The van der Waals surface area contributed by atoms with E-state index in [1.54, 1.807) is 0 Å². The second-order valence-corrected chi connectivity index (χ2v) is 8.53. The highest BCUT2D eigenvalue weighted by molar-refractivity contribution is 7.15. The molecule has 1 aromatic rings. The van der Waals surface area contributed by atoms with Gasteiger partial charge in [-0.05, 0) is 53.9 Å². The van der Waals surface area contributed by atoms with E-state index in [0.717, 1.165) is 19.0 Å². The molecule has 0 radical (unpaired) electrons. The molecule has 0 aromatic carbocycles. The molecule has 1 aliphatic carbocycles. The van der Waals surface area contributed by atoms with E-state index in [4.69, 9.17) is 4.98 Å². The standard InChI is InChI=1S/C17H31N3S/c1-7-10-20(12(2)3)16-19-15(13-8-9-13)14(21-16)11-18-17(4,5)6/h12-13,18H,7-11H2,1-6H3. The van der Waals surface area contributed by atoms with Gasteiger partial charge >= 0.3 is 0 Å². The van der Waals surface area contributed by atoms with Crippen LogP contribution in [0.25, 0.3) is 0 Å². The van der Waals surface area contributed by atoms with Crippen LogP contribution in [0, 0.1) is 0 Å². The minimum atomic E-state index is 0.159. The average Bonchev–Trinajstić information content (AvgIpc) is 3.13. The maximum atomic E-state index is 5.02. The van der Waals surface area contributed by atoms with Gasteiger partial charge in [-0.2, -0.15) is 0 Å². The van der Waals surface area contributed by atoms with Crippen molar-refractivity contribution in [3.8, 4) is 0 Å². The molecular formula is C17H31N3S. The Kier molecular flexibility index (Phi) is 5.31. The van der Waals surface area contributed by atoms with Crippen LogP contribution in [0.4, 0.5) is 5.13 Å². The van der Waals surface area contributed by atoms with Gasteiger partial charge in [-0.15, -0.1) is 11.3 Å². The van der Waals surface area contributed by atoms with Crippen molar-refractivity contribution >= 4 is 16.5 Å². The maximum absolute atomic E-state index is 5.02. The van der Waals surface area contributed by atoms with Gasteiger partial charge in [0.1, 0.15) is 0 Å². The highest BCUT2D eigenvalue weighted by Gasteiger charge is 2.31. The molecular weight excluding hydrogens is 278 g/mol. The number of rotatable bonds is 7. The van der Waals surface area contributed by atoms with E-state index in [1.807, 2.05) is 11.3 Å². The summed E-state index contributed by atoms with van der Waals surface area (Å²) in [6, 6.07) is 0.520. The van der Waals surface area contributed by atoms with E-state index >= 15 is 0 Å². The predicted octanol–water partition coefficient (Wildman–Crippen LogP) is 4.53. The third-order valence-corrected chi connectivity index (χ3v) is 4.90. The molecule has 1 aliphatic rings. The monoisotopic (exact) mass is 309 g/mol. The van der Waals surface area contributed by atoms with Crippen LogP contribution < -0.4 is 10.2 Å². The van der Waals surface area contributed by atoms with Crippen molar-refractivity contribution in [1.82, 2.24) is 10.3 Å². The molecule has 0 atom stereocenters. The Morgan fingerprint density at radius 3 is 2.48 bits per heavy atom. The van der Waals surface area contributed by atoms with Crippen LogP contribution in [-0.4, -0.2) is 23.1 Å². The first kappa shape index (κ1) is 16.8. The Balaban J connectivity index is 2.19. The second-order valence-electron chi connectivity index (χ2n) is 7.47. The van der Waals surface area contributed by atoms with Gasteiger partial charge in [-0.3, -0.25) is 0 Å². The molecule has 1 fully saturated rings. The van der Waals surface area contributed by atoms with E-state index in [9.17, 15) is 0 Å². The summed E-state index contributed by atoms with van der Waals surface area (Å²) in [6.07, 6.45) is 3.81. The lowest BCUT2D eigenvalue weighted by Gasteiger charge is -2.25. The van der Waals surface area contributed by atoms with E-state index in [2.05, 4.69) is 51.8 Å². The van der Waals surface area contributed by atoms with Crippen molar-refractivity contribution in [2.45, 2.75) is 84.8 Å². The molecule has 1 aromatic heterocycles. The fraction of sp³-hybridized carbons (Fsp3) is 0.824. The van der Waals surface area contributed by atoms with Crippen molar-refractivity contribution in [3.63, 3.8) is 0 Å². The zero-order valence-corrected chi connectivity index (χ0v) is 15.3. The Morgan fingerprint density at radius 2 is 2.00 bits per heavy atom. The smallest absolute Gasteiger partial charge is 0.186 e. The van der Waals surface area contributed by atoms with Crippen LogP contribution in [0.3, 0.4) is 0 Å². The molecule has 120 valence electrons. The number of thiazole rings is 1. The Morgan fingerprint density at radius 1 is 1.33 bits per heavy atom. The van der Waals surface area contributed by atoms with E-state index in [-0.39, 0.29) is 5.54 Å². The van der Waals surface area contributed by atoms with Gasteiger partial charge in [-0.25, -0.2) is 4.98 Å². The summed E-state index contributed by atoms with van der Waals surface area (Å²) in [6.45, 7) is 15.5. The van der Waals surface area contributed by atoms with Gasteiger partial charge in [0.25, 0.3) is 0 Å². The molecule has 0 aliphatic heterocycles. The number of hydrogen-bond donors (Lipinski definition) is 1. The summed E-state index contributed by atoms with van der Waals surface area (Å²) in [5, 5.41) is 4.85. The highest BCUT2D eigenvalue weighted by atomic mass is 32.1. The highest BCUT2D eigenvalue weighted by Crippen LogP contribution is 2.44. The van der Waals surface area contributed by atoms with E-state index in [0.29, 0.717) is 6.04 Å². The fourth-order valence-electron chi connectivity index (χ4n) is 2.44. The van der Waals surface area contributed by atoms with Gasteiger partial charge in [0, 0.05) is 35.5 Å². The summed E-state index contributed by atoms with van der Waals surface area (Å²) in [7, 11) is 0. The van der Waals surface area contributed by atoms with Crippen LogP contribution >= 0.6 is 11.3 Å². The number of anilines is 1. The lowest BCUT2D eigenvalue weighted by Crippen LogP contribution is -2.35. The molecule has 21 heavy (non-hydrogen) atoms. The second kappa shape index (κ2) is 6.66. The van der Waals surface area contributed by atoms with E-state index in [1.165, 1.54) is 35.0 Å². The summed E-state index contributed by atoms with van der Waals surface area (Å²) in [4.78, 5) is 8.92. The lowest BCUT2D eigenvalue weighted by atomic mass is 10.1. The summed E-state index contributed by atoms with van der Waals surface area (Å²) >= 11 is 1.90. The number of aromatic nitrogens is 1. The maximum Gasteiger partial charge on any atom is 0.186 e. The first-order chi connectivity index (χ1) is 9.81. The van der Waals surface area contributed by atoms with Crippen LogP contribution in [0.1, 0.15) is 77.3 Å². The van der Waals surface area contributed by atoms with Crippen molar-refractivity contribution in [2.24, 2.45) is 0 Å². The predicted molar refractivity (Wildman–Crippen MR) is 93.5 cm³/mol. The Hall–Kier alpha value is -0.610. The van der Waals surface area contributed by atoms with Crippen LogP contribution in [0.5, 0.6) is 0 Å². The van der Waals surface area contributed by atoms with Crippen LogP contribution in [-0.2, 0) is 6.54 Å². The zero-order valence-electron chi connectivity index (χ0n) is 14.5. The van der Waals surface area contributed by atoms with Crippen molar-refractivity contribution in [1.29, 1.82) is 0 Å². The topological polar surface area (TPSA) is 28.2 Å². The van der Waals surface area contributed by atoms with Gasteiger partial charge in [0.05, 0.1) is 5.69 Å². The van der Waals surface area contributed by atoms with Crippen molar-refractivity contribution in [2.75, 3.05) is 11.4 Å². The zero-order chi connectivity index (χ0) is 15.6. The normalized spacial score (nSPS) is 15.8. The Labute approximate surface area is 134 Å². The molecule has 0 spiro atoms. The molecule has 1 heterocycles. The van der Waals surface area contributed by atoms with Gasteiger partial charge in [0.15, 0.2) is 5.13 Å². The first-order valence-electron chi connectivity index (χ1n) is 8.33. The largest absolute Gasteiger partial charge is 0.346 e. The minimum Gasteiger partial charge on any atom is -0.346 e. The van der Waals surface area contributed by atoms with Crippen molar-refractivity contribution in [3.05, 3.63) is 10.6 Å². The quantitative estimate of drug-likeness (QED) is 0.802. The van der Waals surface area contributed by atoms with E-state index < -0.39 is 0 Å². The summed E-state index contributed by atoms with van der Waals surface area (Å²) < 4.78 is 0. The molecule has 0 unspecified atom stereocenters. The fourth-order valence-corrected chi connectivity index (χ4v) is 3.68. The summed E-state index contributed by atoms with van der Waals surface area (Å²) in [5.41, 5.74) is 1.53. The van der Waals surface area contributed by atoms with Gasteiger partial charge in [0.2, 0.25) is 0 Å². The number of nitrogens with one attached hydrogen (secondary N) is 1. The van der Waals surface area contributed by atoms with Gasteiger partial charge < -0.3 is 10.2 Å². The first-order valence-corrected chi connectivity index (χ1v) is 9.14. The molecule has 0 bridgehead atoms. The van der Waals surface area contributed by atoms with Gasteiger partial charge in [-0.1, -0.05) is 6.92 Å². The van der Waals surface area contributed by atoms with Crippen LogP contribution in [0.15, 0.2) is 0 Å². The molecule has 1 saturated carbocycles. The van der Waals surface area contributed by atoms with Crippen molar-refractivity contribution < 1.29 is 0 Å². The molecule has 0 amide bonds. The number of nitrogens with zero attached hydrogens (tertiary/aromatic N) is 2. The third kappa shape index (κ3) is 4.68. The SMILES string of the molecule is CCCN(c1nc(C2CC2)c(CNC(C)(C)C)s1)C(C)C. The average molecular weight is 310 g/mol. The molecule has 0 saturated heterocycles. The minimum absolute atomic E-state index is 0.159. The molecule has 4 heteroatoms. The van der Waals surface area contributed by atoms with Crippen LogP contribution in [0.2, 0.25) is 0 Å². The number of hydrogen-bond acceptors (Lipinski definition) is 4.